The van der Waals surface area contributed by atoms with Gasteiger partial charge in [-0.15, -0.1) is 0 Å². The second kappa shape index (κ2) is 8.03. The molecule has 1 aromatic carbocycles. The maximum absolute atomic E-state index is 12.7. The molecule has 0 bridgehead atoms. The van der Waals surface area contributed by atoms with Gasteiger partial charge in [-0.25, -0.2) is 0 Å². The number of hydrogen-bond acceptors (Lipinski definition) is 4. The number of rotatable bonds is 5. The van der Waals surface area contributed by atoms with Gasteiger partial charge in [0, 0.05) is 0 Å². The summed E-state index contributed by atoms with van der Waals surface area (Å²) in [6, 6.07) is 9.71. The van der Waals surface area contributed by atoms with Crippen molar-refractivity contribution < 1.29 is 19.1 Å². The Hall–Kier alpha value is -1.84. The van der Waals surface area contributed by atoms with Gasteiger partial charge in [-0.3, -0.25) is 9.59 Å². The number of esters is 2. The molecule has 0 aliphatic heterocycles. The normalized spacial score (nSPS) is 23.8. The maximum Gasteiger partial charge on any atom is 0.312 e. The van der Waals surface area contributed by atoms with Gasteiger partial charge in [0.25, 0.3) is 0 Å². The maximum atomic E-state index is 12.7. The second-order valence-corrected chi connectivity index (χ2v) is 8.00. The number of carbonyl (C=O) groups is 2. The monoisotopic (exact) mass is 346 g/mol. The van der Waals surface area contributed by atoms with Crippen molar-refractivity contribution in [2.45, 2.75) is 72.0 Å². The van der Waals surface area contributed by atoms with E-state index in [2.05, 4.69) is 0 Å². The minimum atomic E-state index is -0.467. The third-order valence-electron chi connectivity index (χ3n) is 5.01. The molecule has 0 heterocycles. The van der Waals surface area contributed by atoms with Gasteiger partial charge in [0.2, 0.25) is 0 Å². The predicted molar refractivity (Wildman–Crippen MR) is 96.8 cm³/mol. The Kier molecular flexibility index (Phi) is 6.26. The van der Waals surface area contributed by atoms with E-state index in [4.69, 9.17) is 9.47 Å². The fourth-order valence-corrected chi connectivity index (χ4v) is 3.37. The lowest BCUT2D eigenvalue weighted by molar-refractivity contribution is -0.168. The molecule has 1 saturated carbocycles. The van der Waals surface area contributed by atoms with E-state index in [-0.39, 0.29) is 17.9 Å². The average molecular weight is 346 g/mol. The minimum Gasteiger partial charge on any atom is -0.460 e. The van der Waals surface area contributed by atoms with Crippen molar-refractivity contribution in [3.05, 3.63) is 35.9 Å². The third kappa shape index (κ3) is 5.32. The molecule has 0 radical (unpaired) electrons. The Morgan fingerprint density at radius 3 is 2.24 bits per heavy atom. The Balaban J connectivity index is 1.91. The summed E-state index contributed by atoms with van der Waals surface area (Å²) in [6.45, 7) is 7.97. The van der Waals surface area contributed by atoms with Crippen LogP contribution in [-0.4, -0.2) is 17.5 Å². The molecule has 0 N–H and O–H groups in total. The van der Waals surface area contributed by atoms with Crippen molar-refractivity contribution in [3.63, 3.8) is 0 Å². The SMILES string of the molecule is CC[C@]1(C(=O)OCc2ccccc2)CC[C@H](C(=O)OC(C)(C)C)CC1. The first kappa shape index (κ1) is 19.5. The molecular formula is C21H30O4. The van der Waals surface area contributed by atoms with Crippen LogP contribution >= 0.6 is 0 Å². The van der Waals surface area contributed by atoms with Crippen molar-refractivity contribution >= 4 is 11.9 Å². The van der Waals surface area contributed by atoms with Crippen molar-refractivity contribution in [3.8, 4) is 0 Å². The van der Waals surface area contributed by atoms with Gasteiger partial charge < -0.3 is 9.47 Å². The highest BCUT2D eigenvalue weighted by molar-refractivity contribution is 5.78. The van der Waals surface area contributed by atoms with Gasteiger partial charge in [-0.2, -0.15) is 0 Å². The van der Waals surface area contributed by atoms with Crippen LogP contribution < -0.4 is 0 Å². The van der Waals surface area contributed by atoms with Crippen LogP contribution in [0.15, 0.2) is 30.3 Å². The van der Waals surface area contributed by atoms with Crippen molar-refractivity contribution in [1.29, 1.82) is 0 Å². The lowest BCUT2D eigenvalue weighted by Crippen LogP contribution is -2.39. The molecule has 0 atom stereocenters. The van der Waals surface area contributed by atoms with Gasteiger partial charge in [-0.1, -0.05) is 37.3 Å². The van der Waals surface area contributed by atoms with Crippen LogP contribution in [-0.2, 0) is 25.7 Å². The summed E-state index contributed by atoms with van der Waals surface area (Å²) in [7, 11) is 0. The molecule has 2 rings (SSSR count). The molecule has 1 aliphatic carbocycles. The number of hydrogen-bond donors (Lipinski definition) is 0. The summed E-state index contributed by atoms with van der Waals surface area (Å²) in [5.74, 6) is -0.392. The molecule has 25 heavy (non-hydrogen) atoms. The van der Waals surface area contributed by atoms with Gasteiger partial charge in [0.15, 0.2) is 0 Å². The van der Waals surface area contributed by atoms with Gasteiger partial charge >= 0.3 is 11.9 Å². The highest BCUT2D eigenvalue weighted by atomic mass is 16.6. The molecule has 4 heteroatoms. The molecule has 138 valence electrons. The van der Waals surface area contributed by atoms with E-state index in [0.29, 0.717) is 32.3 Å². The fraction of sp³-hybridized carbons (Fsp3) is 0.619. The molecule has 0 spiro atoms. The zero-order valence-electron chi connectivity index (χ0n) is 15.8. The molecule has 0 saturated heterocycles. The first-order valence-electron chi connectivity index (χ1n) is 9.20. The van der Waals surface area contributed by atoms with Crippen LogP contribution in [0.1, 0.15) is 65.4 Å². The standard InChI is InChI=1S/C21H30O4/c1-5-21(19(23)24-15-16-9-7-6-8-10-16)13-11-17(12-14-21)18(22)25-20(2,3)4/h6-10,17H,5,11-15H2,1-4H3/t17-,21-. The van der Waals surface area contributed by atoms with E-state index in [1.165, 1.54) is 0 Å². The first-order chi connectivity index (χ1) is 11.8. The van der Waals surface area contributed by atoms with E-state index in [1.54, 1.807) is 0 Å². The Morgan fingerprint density at radius 2 is 1.72 bits per heavy atom. The minimum absolute atomic E-state index is 0.110. The zero-order valence-corrected chi connectivity index (χ0v) is 15.8. The number of benzene rings is 1. The predicted octanol–water partition coefficient (Wildman–Crippen LogP) is 4.66. The van der Waals surface area contributed by atoms with E-state index in [1.807, 2.05) is 58.0 Å². The largest absolute Gasteiger partial charge is 0.460 e. The first-order valence-corrected chi connectivity index (χ1v) is 9.20. The summed E-state index contributed by atoms with van der Waals surface area (Å²) in [5.41, 5.74) is 0.0581. The second-order valence-electron chi connectivity index (χ2n) is 8.00. The fourth-order valence-electron chi connectivity index (χ4n) is 3.37. The van der Waals surface area contributed by atoms with Gasteiger partial charge in [0.1, 0.15) is 12.2 Å². The lowest BCUT2D eigenvalue weighted by Gasteiger charge is -2.37. The number of carbonyl (C=O) groups excluding carboxylic acids is 2. The molecule has 0 amide bonds. The number of ether oxygens (including phenoxy) is 2. The van der Waals surface area contributed by atoms with Gasteiger partial charge in [-0.05, 0) is 58.4 Å². The Morgan fingerprint density at radius 1 is 1.12 bits per heavy atom. The molecule has 1 aliphatic rings. The lowest BCUT2D eigenvalue weighted by atomic mass is 9.69. The van der Waals surface area contributed by atoms with E-state index >= 15 is 0 Å². The van der Waals surface area contributed by atoms with Crippen LogP contribution in [0.5, 0.6) is 0 Å². The van der Waals surface area contributed by atoms with Crippen LogP contribution in [0.3, 0.4) is 0 Å². The highest BCUT2D eigenvalue weighted by Crippen LogP contribution is 2.43. The molecule has 0 unspecified atom stereocenters. The van der Waals surface area contributed by atoms with Crippen LogP contribution in [0.25, 0.3) is 0 Å². The third-order valence-corrected chi connectivity index (χ3v) is 5.01. The molecule has 1 fully saturated rings. The van der Waals surface area contributed by atoms with Crippen molar-refractivity contribution in [2.75, 3.05) is 0 Å². The molecule has 0 aromatic heterocycles. The summed E-state index contributed by atoms with van der Waals surface area (Å²) < 4.78 is 11.1. The Labute approximate surface area is 150 Å². The van der Waals surface area contributed by atoms with E-state index in [0.717, 1.165) is 12.0 Å². The topological polar surface area (TPSA) is 52.6 Å². The van der Waals surface area contributed by atoms with Gasteiger partial charge in [0.05, 0.1) is 11.3 Å². The summed E-state index contributed by atoms with van der Waals surface area (Å²) in [6.07, 6.45) is 3.47. The zero-order chi connectivity index (χ0) is 18.5. The van der Waals surface area contributed by atoms with Crippen LogP contribution in [0.4, 0.5) is 0 Å². The average Bonchev–Trinajstić information content (AvgIpc) is 2.59. The summed E-state index contributed by atoms with van der Waals surface area (Å²) in [4.78, 5) is 24.9. The van der Waals surface area contributed by atoms with E-state index in [9.17, 15) is 9.59 Å². The summed E-state index contributed by atoms with van der Waals surface area (Å²) in [5, 5.41) is 0. The van der Waals surface area contributed by atoms with Crippen LogP contribution in [0, 0.1) is 11.3 Å². The summed E-state index contributed by atoms with van der Waals surface area (Å²) >= 11 is 0. The highest BCUT2D eigenvalue weighted by Gasteiger charge is 2.43. The molecule has 1 aromatic rings. The Bertz CT molecular complexity index is 578. The van der Waals surface area contributed by atoms with Crippen molar-refractivity contribution in [1.82, 2.24) is 0 Å². The smallest absolute Gasteiger partial charge is 0.312 e. The quantitative estimate of drug-likeness (QED) is 0.728. The van der Waals surface area contributed by atoms with Crippen LogP contribution in [0.2, 0.25) is 0 Å². The van der Waals surface area contributed by atoms with E-state index < -0.39 is 11.0 Å². The molecular weight excluding hydrogens is 316 g/mol. The molecule has 4 nitrogen and oxygen atoms in total. The van der Waals surface area contributed by atoms with Crippen molar-refractivity contribution in [2.24, 2.45) is 11.3 Å².